The molecule has 0 saturated carbocycles. The van der Waals surface area contributed by atoms with Crippen molar-refractivity contribution in [1.29, 1.82) is 0 Å². The van der Waals surface area contributed by atoms with Crippen LogP contribution >= 0.6 is 0 Å². The first kappa shape index (κ1) is 16.9. The van der Waals surface area contributed by atoms with Gasteiger partial charge in [0.15, 0.2) is 5.82 Å². The van der Waals surface area contributed by atoms with Crippen LogP contribution in [0.2, 0.25) is 0 Å². The van der Waals surface area contributed by atoms with E-state index in [1.807, 2.05) is 37.4 Å². The summed E-state index contributed by atoms with van der Waals surface area (Å²) in [6.07, 6.45) is -4.98. The van der Waals surface area contributed by atoms with Gasteiger partial charge in [0.25, 0.3) is 0 Å². The summed E-state index contributed by atoms with van der Waals surface area (Å²) in [6, 6.07) is 8.83. The van der Waals surface area contributed by atoms with Crippen molar-refractivity contribution in [3.8, 4) is 5.82 Å². The summed E-state index contributed by atoms with van der Waals surface area (Å²) in [5, 5.41) is 6.97. The van der Waals surface area contributed by atoms with Gasteiger partial charge in [-0.15, -0.1) is 0 Å². The molecule has 0 atom stereocenters. The number of pyridine rings is 1. The van der Waals surface area contributed by atoms with Gasteiger partial charge in [-0.2, -0.15) is 23.0 Å². The number of alkyl halides is 3. The third-order valence-electron chi connectivity index (χ3n) is 3.78. The van der Waals surface area contributed by atoms with E-state index in [-0.39, 0.29) is 5.82 Å². The minimum atomic E-state index is -4.98. The fraction of sp³-hybridized carbons (Fsp3) is 0.235. The molecule has 25 heavy (non-hydrogen) atoms. The summed E-state index contributed by atoms with van der Waals surface area (Å²) in [5.74, 6) is -1.80. The van der Waals surface area contributed by atoms with Gasteiger partial charge in [-0.3, -0.25) is 4.79 Å². The summed E-state index contributed by atoms with van der Waals surface area (Å²) in [4.78, 5) is 15.8. The van der Waals surface area contributed by atoms with Crippen LogP contribution in [-0.4, -0.2) is 26.8 Å². The monoisotopic (exact) mass is 348 g/mol. The Hall–Kier alpha value is -2.90. The van der Waals surface area contributed by atoms with Gasteiger partial charge in [0.2, 0.25) is 0 Å². The Morgan fingerprint density at radius 3 is 2.52 bits per heavy atom. The fourth-order valence-corrected chi connectivity index (χ4v) is 2.60. The van der Waals surface area contributed by atoms with E-state index in [9.17, 15) is 18.0 Å². The highest BCUT2D eigenvalue weighted by Gasteiger charge is 2.39. The van der Waals surface area contributed by atoms with E-state index in [1.165, 1.54) is 10.7 Å². The number of anilines is 1. The highest BCUT2D eigenvalue weighted by Crippen LogP contribution is 2.25. The molecule has 1 amide bonds. The summed E-state index contributed by atoms with van der Waals surface area (Å²) in [6.45, 7) is 5.41. The number of carbonyl (C=O) groups is 1. The largest absolute Gasteiger partial charge is 0.471 e. The number of benzene rings is 1. The summed E-state index contributed by atoms with van der Waals surface area (Å²) in [5.41, 5.74) is 3.04. The van der Waals surface area contributed by atoms with Gasteiger partial charge in [0, 0.05) is 11.5 Å². The molecule has 0 fully saturated rings. The van der Waals surface area contributed by atoms with Crippen molar-refractivity contribution >= 4 is 22.6 Å². The zero-order chi connectivity index (χ0) is 18.4. The van der Waals surface area contributed by atoms with Crippen LogP contribution in [0.5, 0.6) is 0 Å². The van der Waals surface area contributed by atoms with Gasteiger partial charge in [-0.1, -0.05) is 18.2 Å². The summed E-state index contributed by atoms with van der Waals surface area (Å²) in [7, 11) is 0. The molecule has 1 N–H and O–H groups in total. The van der Waals surface area contributed by atoms with E-state index in [0.717, 1.165) is 22.0 Å². The molecule has 0 saturated heterocycles. The normalized spacial score (nSPS) is 11.8. The van der Waals surface area contributed by atoms with Gasteiger partial charge in [-0.05, 0) is 38.0 Å². The molecule has 5 nitrogen and oxygen atoms in total. The second-order valence-electron chi connectivity index (χ2n) is 5.80. The molecule has 1 aromatic carbocycles. The van der Waals surface area contributed by atoms with Crippen molar-refractivity contribution in [2.45, 2.75) is 26.9 Å². The third-order valence-corrected chi connectivity index (χ3v) is 3.78. The van der Waals surface area contributed by atoms with E-state index >= 15 is 0 Å². The molecule has 0 spiro atoms. The molecule has 0 aliphatic heterocycles. The number of hydrogen-bond acceptors (Lipinski definition) is 3. The van der Waals surface area contributed by atoms with E-state index < -0.39 is 12.1 Å². The van der Waals surface area contributed by atoms with E-state index in [4.69, 9.17) is 0 Å². The number of amides is 1. The smallest absolute Gasteiger partial charge is 0.303 e. The van der Waals surface area contributed by atoms with Crippen LogP contribution in [0.25, 0.3) is 16.7 Å². The molecule has 0 radical (unpaired) electrons. The minimum Gasteiger partial charge on any atom is -0.303 e. The zero-order valence-electron chi connectivity index (χ0n) is 13.8. The molecule has 0 bridgehead atoms. The lowest BCUT2D eigenvalue weighted by Crippen LogP contribution is -2.30. The Balaban J connectivity index is 2.13. The molecule has 130 valence electrons. The number of para-hydroxylation sites is 1. The van der Waals surface area contributed by atoms with Crippen molar-refractivity contribution in [1.82, 2.24) is 14.8 Å². The van der Waals surface area contributed by atoms with E-state index in [1.54, 1.807) is 13.0 Å². The van der Waals surface area contributed by atoms with Crippen LogP contribution in [0.1, 0.15) is 16.8 Å². The highest BCUT2D eigenvalue weighted by atomic mass is 19.4. The first-order valence-electron chi connectivity index (χ1n) is 7.49. The Kier molecular flexibility index (Phi) is 3.98. The maximum atomic E-state index is 12.5. The number of hydrogen-bond donors (Lipinski definition) is 1. The van der Waals surface area contributed by atoms with Crippen LogP contribution in [-0.2, 0) is 4.79 Å². The second kappa shape index (κ2) is 5.87. The lowest BCUT2D eigenvalue weighted by Gasteiger charge is -2.12. The molecular weight excluding hydrogens is 333 g/mol. The predicted octanol–water partition coefficient (Wildman–Crippen LogP) is 3.85. The molecule has 3 rings (SSSR count). The number of carbonyl (C=O) groups excluding carboxylic acids is 1. The van der Waals surface area contributed by atoms with Gasteiger partial charge in [0.1, 0.15) is 5.82 Å². The first-order chi connectivity index (χ1) is 11.7. The lowest BCUT2D eigenvalue weighted by atomic mass is 10.1. The third kappa shape index (κ3) is 3.19. The minimum absolute atomic E-state index is 0.0836. The molecule has 0 unspecified atom stereocenters. The Morgan fingerprint density at radius 1 is 1.12 bits per heavy atom. The number of halogens is 3. The van der Waals surface area contributed by atoms with Crippen molar-refractivity contribution in [2.24, 2.45) is 0 Å². The number of fused-ring (bicyclic) bond motifs is 1. The molecule has 0 aliphatic carbocycles. The number of nitrogens with one attached hydrogen (secondary N) is 1. The summed E-state index contributed by atoms with van der Waals surface area (Å²) < 4.78 is 38.8. The first-order valence-corrected chi connectivity index (χ1v) is 7.49. The van der Waals surface area contributed by atoms with Crippen LogP contribution in [0.3, 0.4) is 0 Å². The Labute approximate surface area is 141 Å². The number of aryl methyl sites for hydroxylation is 3. The molecule has 2 heterocycles. The fourth-order valence-electron chi connectivity index (χ4n) is 2.60. The van der Waals surface area contributed by atoms with Gasteiger partial charge >= 0.3 is 12.1 Å². The number of rotatable bonds is 2. The predicted molar refractivity (Wildman–Crippen MR) is 87.8 cm³/mol. The molecule has 8 heteroatoms. The average molecular weight is 348 g/mol. The van der Waals surface area contributed by atoms with Gasteiger partial charge in [0.05, 0.1) is 11.2 Å². The van der Waals surface area contributed by atoms with Crippen LogP contribution in [0, 0.1) is 20.8 Å². The van der Waals surface area contributed by atoms with Crippen molar-refractivity contribution in [3.63, 3.8) is 0 Å². The second-order valence-corrected chi connectivity index (χ2v) is 5.80. The van der Waals surface area contributed by atoms with Crippen LogP contribution in [0.4, 0.5) is 19.0 Å². The summed E-state index contributed by atoms with van der Waals surface area (Å²) >= 11 is 0. The molecule has 0 aliphatic rings. The molecule has 3 aromatic rings. The highest BCUT2D eigenvalue weighted by molar-refractivity contribution is 5.94. The topological polar surface area (TPSA) is 59.8 Å². The van der Waals surface area contributed by atoms with Gasteiger partial charge < -0.3 is 5.32 Å². The maximum absolute atomic E-state index is 12.5. The van der Waals surface area contributed by atoms with Crippen LogP contribution < -0.4 is 5.32 Å². The lowest BCUT2D eigenvalue weighted by molar-refractivity contribution is -0.167. The quantitative estimate of drug-likeness (QED) is 0.765. The van der Waals surface area contributed by atoms with Crippen molar-refractivity contribution in [2.75, 3.05) is 5.32 Å². The zero-order valence-corrected chi connectivity index (χ0v) is 13.8. The molecular formula is C17H15F3N4O. The number of nitrogens with zero attached hydrogens (tertiary/aromatic N) is 3. The maximum Gasteiger partial charge on any atom is 0.471 e. The Bertz CT molecular complexity index is 976. The number of aromatic nitrogens is 3. The average Bonchev–Trinajstić information content (AvgIpc) is 2.88. The van der Waals surface area contributed by atoms with E-state index in [0.29, 0.717) is 11.5 Å². The van der Waals surface area contributed by atoms with E-state index in [2.05, 4.69) is 10.1 Å². The molecule has 2 aromatic heterocycles. The van der Waals surface area contributed by atoms with Crippen LogP contribution in [0.15, 0.2) is 30.3 Å². The standard InChI is InChI=1S/C17H15F3N4O/c1-9-5-4-6-12-10(2)7-13(21-15(9)12)24-14(8-11(3)23-24)22-16(25)17(18,19)20/h4-8H,1-3H3,(H,22,25). The van der Waals surface area contributed by atoms with Crippen molar-refractivity contribution < 1.29 is 18.0 Å². The Morgan fingerprint density at radius 2 is 1.84 bits per heavy atom. The van der Waals surface area contributed by atoms with Crippen molar-refractivity contribution in [3.05, 3.63) is 47.2 Å². The SMILES string of the molecule is Cc1cc(NC(=O)C(F)(F)F)n(-c2cc(C)c3cccc(C)c3n2)n1. The van der Waals surface area contributed by atoms with Gasteiger partial charge in [-0.25, -0.2) is 4.98 Å².